The van der Waals surface area contributed by atoms with E-state index in [0.717, 1.165) is 11.0 Å². The van der Waals surface area contributed by atoms with Crippen LogP contribution in [0.2, 0.25) is 0 Å². The Morgan fingerprint density at radius 1 is 1.18 bits per heavy atom. The van der Waals surface area contributed by atoms with Crippen LogP contribution in [0.1, 0.15) is 17.3 Å². The van der Waals surface area contributed by atoms with Gasteiger partial charge in [-0.25, -0.2) is 14.8 Å². The van der Waals surface area contributed by atoms with Gasteiger partial charge in [0.25, 0.3) is 0 Å². The van der Waals surface area contributed by atoms with Crippen LogP contribution in [0.5, 0.6) is 0 Å². The Balaban J connectivity index is 1.68. The zero-order valence-electron chi connectivity index (χ0n) is 15.0. The number of esters is 1. The molecule has 2 aromatic heterocycles. The molecular weight excluding hydrogens is 358 g/mol. The highest BCUT2D eigenvalue weighted by atomic mass is 16.5. The summed E-state index contributed by atoms with van der Waals surface area (Å²) in [6.07, 6.45) is 1.39. The number of hydrogen-bond donors (Lipinski definition) is 2. The van der Waals surface area contributed by atoms with Gasteiger partial charge in [0, 0.05) is 5.69 Å². The number of ether oxygens (including phenoxy) is 1. The minimum absolute atomic E-state index is 0.305. The number of hydrogen-bond acceptors (Lipinski definition) is 8. The molecule has 0 atom stereocenters. The Kier molecular flexibility index (Phi) is 4.55. The Bertz CT molecular complexity index is 1160. The lowest BCUT2D eigenvalue weighted by Gasteiger charge is -2.12. The molecule has 2 aromatic carbocycles. The summed E-state index contributed by atoms with van der Waals surface area (Å²) in [5.74, 6) is 0.412. The summed E-state index contributed by atoms with van der Waals surface area (Å²) in [5, 5.41) is 11.4. The molecule has 0 fully saturated rings. The molecule has 0 spiro atoms. The number of nitrogen functional groups attached to an aromatic ring is 1. The number of para-hydroxylation sites is 1. The number of fused-ring (bicyclic) bond motifs is 1. The first kappa shape index (κ1) is 17.4. The number of benzene rings is 2. The maximum Gasteiger partial charge on any atom is 0.338 e. The fourth-order valence-electron chi connectivity index (χ4n) is 2.76. The van der Waals surface area contributed by atoms with Crippen molar-refractivity contribution in [2.75, 3.05) is 17.7 Å². The quantitative estimate of drug-likeness (QED) is 0.511. The molecule has 0 radical (unpaired) electrons. The van der Waals surface area contributed by atoms with Crippen molar-refractivity contribution in [2.24, 2.45) is 0 Å². The van der Waals surface area contributed by atoms with E-state index < -0.39 is 5.97 Å². The lowest BCUT2D eigenvalue weighted by molar-refractivity contribution is 0.0526. The van der Waals surface area contributed by atoms with Gasteiger partial charge in [0.2, 0.25) is 0 Å². The third-order valence-corrected chi connectivity index (χ3v) is 4.05. The molecular formula is C19H17N7O2. The SMILES string of the molecule is CCOC(=O)c1cccc(Nc2ncnc(-n3nnc4ccccc43)c2N)c1. The Morgan fingerprint density at radius 2 is 2.04 bits per heavy atom. The summed E-state index contributed by atoms with van der Waals surface area (Å²) in [7, 11) is 0. The van der Waals surface area contributed by atoms with Crippen molar-refractivity contribution >= 4 is 34.2 Å². The molecule has 9 nitrogen and oxygen atoms in total. The van der Waals surface area contributed by atoms with E-state index in [-0.39, 0.29) is 0 Å². The number of carbonyl (C=O) groups excluding carboxylic acids is 1. The molecule has 140 valence electrons. The third-order valence-electron chi connectivity index (χ3n) is 4.05. The van der Waals surface area contributed by atoms with Crippen LogP contribution in [-0.2, 0) is 4.74 Å². The minimum Gasteiger partial charge on any atom is -0.462 e. The maximum absolute atomic E-state index is 11.9. The predicted octanol–water partition coefficient (Wildman–Crippen LogP) is 2.71. The van der Waals surface area contributed by atoms with E-state index in [0.29, 0.717) is 35.2 Å². The van der Waals surface area contributed by atoms with Gasteiger partial charge in [-0.1, -0.05) is 23.4 Å². The van der Waals surface area contributed by atoms with Crippen LogP contribution in [0.15, 0.2) is 54.9 Å². The van der Waals surface area contributed by atoms with E-state index in [2.05, 4.69) is 25.6 Å². The highest BCUT2D eigenvalue weighted by Crippen LogP contribution is 2.26. The Morgan fingerprint density at radius 3 is 2.89 bits per heavy atom. The third kappa shape index (κ3) is 3.20. The molecule has 4 rings (SSSR count). The zero-order chi connectivity index (χ0) is 19.5. The van der Waals surface area contributed by atoms with Crippen LogP contribution in [0, 0.1) is 0 Å². The lowest BCUT2D eigenvalue weighted by atomic mass is 10.2. The van der Waals surface area contributed by atoms with Gasteiger partial charge in [0.05, 0.1) is 17.7 Å². The summed E-state index contributed by atoms with van der Waals surface area (Å²) in [6, 6.07) is 14.4. The molecule has 3 N–H and O–H groups in total. The molecule has 0 amide bonds. The van der Waals surface area contributed by atoms with Crippen molar-refractivity contribution in [1.82, 2.24) is 25.0 Å². The first-order valence-electron chi connectivity index (χ1n) is 8.63. The van der Waals surface area contributed by atoms with E-state index in [9.17, 15) is 4.79 Å². The Hall–Kier alpha value is -4.01. The largest absolute Gasteiger partial charge is 0.462 e. The first-order chi connectivity index (χ1) is 13.7. The normalized spacial score (nSPS) is 10.8. The fourth-order valence-corrected chi connectivity index (χ4v) is 2.76. The van der Waals surface area contributed by atoms with Crippen LogP contribution in [0.4, 0.5) is 17.2 Å². The maximum atomic E-state index is 11.9. The van der Waals surface area contributed by atoms with Gasteiger partial charge >= 0.3 is 5.97 Å². The molecule has 0 saturated carbocycles. The smallest absolute Gasteiger partial charge is 0.338 e. The van der Waals surface area contributed by atoms with E-state index >= 15 is 0 Å². The molecule has 0 aliphatic carbocycles. The average molecular weight is 375 g/mol. The topological polar surface area (TPSA) is 121 Å². The van der Waals surface area contributed by atoms with Crippen molar-refractivity contribution in [3.8, 4) is 5.82 Å². The molecule has 0 saturated heterocycles. The van der Waals surface area contributed by atoms with Crippen molar-refractivity contribution in [1.29, 1.82) is 0 Å². The second-order valence-electron chi connectivity index (χ2n) is 5.88. The summed E-state index contributed by atoms with van der Waals surface area (Å²) < 4.78 is 6.59. The van der Waals surface area contributed by atoms with Gasteiger partial charge in [-0.05, 0) is 37.3 Å². The fraction of sp³-hybridized carbons (Fsp3) is 0.105. The number of rotatable bonds is 5. The number of aromatic nitrogens is 5. The summed E-state index contributed by atoms with van der Waals surface area (Å²) in [5.41, 5.74) is 9.19. The van der Waals surface area contributed by atoms with Gasteiger partial charge in [-0.2, -0.15) is 4.68 Å². The van der Waals surface area contributed by atoms with Crippen LogP contribution in [0.3, 0.4) is 0 Å². The first-order valence-corrected chi connectivity index (χ1v) is 8.63. The van der Waals surface area contributed by atoms with Crippen LogP contribution >= 0.6 is 0 Å². The van der Waals surface area contributed by atoms with Gasteiger partial charge < -0.3 is 15.8 Å². The lowest BCUT2D eigenvalue weighted by Crippen LogP contribution is -2.09. The van der Waals surface area contributed by atoms with Crippen molar-refractivity contribution in [3.63, 3.8) is 0 Å². The number of nitrogens with one attached hydrogen (secondary N) is 1. The van der Waals surface area contributed by atoms with Gasteiger partial charge in [-0.3, -0.25) is 0 Å². The monoisotopic (exact) mass is 375 g/mol. The molecule has 0 aliphatic heterocycles. The molecule has 28 heavy (non-hydrogen) atoms. The number of nitrogens with two attached hydrogens (primary N) is 1. The zero-order valence-corrected chi connectivity index (χ0v) is 15.0. The van der Waals surface area contributed by atoms with E-state index in [1.165, 1.54) is 6.33 Å². The molecule has 0 unspecified atom stereocenters. The molecule has 2 heterocycles. The minimum atomic E-state index is -0.392. The standard InChI is InChI=1S/C19H17N7O2/c1-2-28-19(27)12-6-5-7-13(10-12)23-17-16(20)18(22-11-21-17)26-15-9-4-3-8-14(15)24-25-26/h3-11H,2,20H2,1H3,(H,21,22,23). The number of carbonyl (C=O) groups is 1. The highest BCUT2D eigenvalue weighted by Gasteiger charge is 2.15. The number of anilines is 3. The second-order valence-corrected chi connectivity index (χ2v) is 5.88. The van der Waals surface area contributed by atoms with Crippen molar-refractivity contribution in [2.45, 2.75) is 6.92 Å². The van der Waals surface area contributed by atoms with Gasteiger partial charge in [0.1, 0.15) is 17.5 Å². The van der Waals surface area contributed by atoms with Crippen LogP contribution in [0.25, 0.3) is 16.9 Å². The highest BCUT2D eigenvalue weighted by molar-refractivity contribution is 5.91. The second kappa shape index (κ2) is 7.31. The summed E-state index contributed by atoms with van der Waals surface area (Å²) >= 11 is 0. The average Bonchev–Trinajstić information content (AvgIpc) is 3.14. The number of nitrogens with zero attached hydrogens (tertiary/aromatic N) is 5. The Labute approximate surface area is 160 Å². The summed E-state index contributed by atoms with van der Waals surface area (Å²) in [4.78, 5) is 20.4. The predicted molar refractivity (Wildman–Crippen MR) is 105 cm³/mol. The van der Waals surface area contributed by atoms with Crippen LogP contribution in [-0.4, -0.2) is 37.5 Å². The van der Waals surface area contributed by atoms with E-state index in [1.54, 1.807) is 35.9 Å². The molecule has 0 aliphatic rings. The van der Waals surface area contributed by atoms with Gasteiger partial charge in [-0.15, -0.1) is 5.10 Å². The van der Waals surface area contributed by atoms with Crippen LogP contribution < -0.4 is 11.1 Å². The molecule has 9 heteroatoms. The molecule has 0 bridgehead atoms. The van der Waals surface area contributed by atoms with E-state index in [1.807, 2.05) is 24.3 Å². The van der Waals surface area contributed by atoms with Crippen molar-refractivity contribution < 1.29 is 9.53 Å². The van der Waals surface area contributed by atoms with E-state index in [4.69, 9.17) is 10.5 Å². The van der Waals surface area contributed by atoms with Crippen molar-refractivity contribution in [3.05, 3.63) is 60.4 Å². The van der Waals surface area contributed by atoms with Gasteiger partial charge in [0.15, 0.2) is 11.6 Å². The summed E-state index contributed by atoms with van der Waals surface area (Å²) in [6.45, 7) is 2.07. The molecule has 4 aromatic rings.